The van der Waals surface area contributed by atoms with Crippen molar-refractivity contribution in [2.75, 3.05) is 20.3 Å². The second-order valence-electron chi connectivity index (χ2n) is 14.2. The molecule has 0 unspecified atom stereocenters. The van der Waals surface area contributed by atoms with Crippen molar-refractivity contribution < 1.29 is 23.8 Å². The number of hydrogen-bond acceptors (Lipinski definition) is 5. The van der Waals surface area contributed by atoms with Gasteiger partial charge in [0.1, 0.15) is 5.75 Å². The molecule has 0 aromatic heterocycles. The van der Waals surface area contributed by atoms with Crippen molar-refractivity contribution in [2.24, 2.45) is 23.7 Å². The standard InChI is InChI=1S/C39H58O5/c1-6-8-29-10-14-31(15-11-29)32-18-20-34(21-19-32)37-25-35(44-38(40)27(2)3)22-23-36(37)33-16-12-30(13-17-33)9-7-24-43-39(41)28(4)26-42-5/h22-23,25,29-34H,2,4,6-21,24,26H2,1,3,5H3. The molecule has 4 rings (SSSR count). The third-order valence-electron chi connectivity index (χ3n) is 11.0. The number of methoxy groups -OCH3 is 1. The Labute approximate surface area is 267 Å². The fraction of sp³-hybridized carbons (Fsp3) is 0.692. The number of benzene rings is 1. The van der Waals surface area contributed by atoms with Gasteiger partial charge in [-0.2, -0.15) is 0 Å². The fourth-order valence-corrected chi connectivity index (χ4v) is 8.43. The van der Waals surface area contributed by atoms with Gasteiger partial charge in [0.15, 0.2) is 0 Å². The van der Waals surface area contributed by atoms with Gasteiger partial charge in [-0.05, 0) is 143 Å². The van der Waals surface area contributed by atoms with E-state index >= 15 is 0 Å². The molecule has 3 saturated carbocycles. The van der Waals surface area contributed by atoms with E-state index in [-0.39, 0.29) is 18.5 Å². The van der Waals surface area contributed by atoms with Gasteiger partial charge in [-0.3, -0.25) is 0 Å². The maximum Gasteiger partial charge on any atom is 0.338 e. The minimum Gasteiger partial charge on any atom is -0.462 e. The fourth-order valence-electron chi connectivity index (χ4n) is 8.43. The topological polar surface area (TPSA) is 61.8 Å². The van der Waals surface area contributed by atoms with E-state index in [1.54, 1.807) is 14.0 Å². The van der Waals surface area contributed by atoms with E-state index in [1.165, 1.54) is 101 Å². The van der Waals surface area contributed by atoms with Gasteiger partial charge in [-0.1, -0.05) is 51.8 Å². The Balaban J connectivity index is 1.33. The lowest BCUT2D eigenvalue weighted by Gasteiger charge is -2.39. The number of carbonyl (C=O) groups is 2. The summed E-state index contributed by atoms with van der Waals surface area (Å²) >= 11 is 0. The van der Waals surface area contributed by atoms with Gasteiger partial charge >= 0.3 is 11.9 Å². The van der Waals surface area contributed by atoms with Crippen LogP contribution >= 0.6 is 0 Å². The maximum atomic E-state index is 12.4. The van der Waals surface area contributed by atoms with Crippen molar-refractivity contribution in [3.63, 3.8) is 0 Å². The van der Waals surface area contributed by atoms with Gasteiger partial charge in [0.2, 0.25) is 0 Å². The molecule has 3 aliphatic rings. The minimum atomic E-state index is -0.353. The molecule has 5 heteroatoms. The molecule has 5 nitrogen and oxygen atoms in total. The first-order valence-electron chi connectivity index (χ1n) is 17.6. The highest BCUT2D eigenvalue weighted by molar-refractivity contribution is 5.89. The monoisotopic (exact) mass is 606 g/mol. The SMILES string of the molecule is C=C(C)C(=O)Oc1ccc(C2CCC(CCCOC(=O)C(=C)COC)CC2)c(C2CCC(C3CCC(CCC)CC3)CC2)c1. The number of hydrogen-bond donors (Lipinski definition) is 0. The van der Waals surface area contributed by atoms with Crippen LogP contribution in [0.4, 0.5) is 0 Å². The summed E-state index contributed by atoms with van der Waals surface area (Å²) in [6, 6.07) is 6.45. The van der Waals surface area contributed by atoms with E-state index < -0.39 is 0 Å². The second-order valence-corrected chi connectivity index (χ2v) is 14.2. The van der Waals surface area contributed by atoms with Crippen LogP contribution in [0.1, 0.15) is 140 Å². The van der Waals surface area contributed by atoms with Crippen LogP contribution in [0.25, 0.3) is 0 Å². The number of ether oxygens (including phenoxy) is 3. The molecule has 0 atom stereocenters. The van der Waals surface area contributed by atoms with Crippen LogP contribution < -0.4 is 4.74 Å². The summed E-state index contributed by atoms with van der Waals surface area (Å²) in [5.74, 6) is 4.51. The number of esters is 2. The highest BCUT2D eigenvalue weighted by Gasteiger charge is 2.33. The normalized spacial score (nSPS) is 27.3. The van der Waals surface area contributed by atoms with Crippen LogP contribution in [0.3, 0.4) is 0 Å². The smallest absolute Gasteiger partial charge is 0.338 e. The zero-order chi connectivity index (χ0) is 31.5. The van der Waals surface area contributed by atoms with E-state index in [9.17, 15) is 9.59 Å². The van der Waals surface area contributed by atoms with Crippen LogP contribution in [0, 0.1) is 23.7 Å². The van der Waals surface area contributed by atoms with Gasteiger partial charge in [0.25, 0.3) is 0 Å². The van der Waals surface area contributed by atoms with Crippen molar-refractivity contribution in [2.45, 2.75) is 128 Å². The number of carbonyl (C=O) groups excluding carboxylic acids is 2. The highest BCUT2D eigenvalue weighted by atomic mass is 16.5. The van der Waals surface area contributed by atoms with Gasteiger partial charge < -0.3 is 14.2 Å². The average molecular weight is 607 g/mol. The molecular formula is C39H58O5. The summed E-state index contributed by atoms with van der Waals surface area (Å²) in [5, 5.41) is 0. The van der Waals surface area contributed by atoms with E-state index in [4.69, 9.17) is 14.2 Å². The lowest BCUT2D eigenvalue weighted by Crippen LogP contribution is -2.26. The summed E-state index contributed by atoms with van der Waals surface area (Å²) in [7, 11) is 1.55. The van der Waals surface area contributed by atoms with Crippen LogP contribution in [-0.4, -0.2) is 32.3 Å². The predicted octanol–water partition coefficient (Wildman–Crippen LogP) is 9.85. The summed E-state index contributed by atoms with van der Waals surface area (Å²) < 4.78 is 16.1. The lowest BCUT2D eigenvalue weighted by atomic mass is 9.67. The molecule has 0 aliphatic heterocycles. The molecule has 244 valence electrons. The van der Waals surface area contributed by atoms with Crippen molar-refractivity contribution in [1.29, 1.82) is 0 Å². The van der Waals surface area contributed by atoms with Crippen molar-refractivity contribution in [3.05, 3.63) is 53.6 Å². The Bertz CT molecular complexity index is 1100. The minimum absolute atomic E-state index is 0.212. The summed E-state index contributed by atoms with van der Waals surface area (Å²) in [6.45, 7) is 12.2. The molecule has 0 spiro atoms. The van der Waals surface area contributed by atoms with Crippen molar-refractivity contribution >= 4 is 11.9 Å². The zero-order valence-corrected chi connectivity index (χ0v) is 27.9. The van der Waals surface area contributed by atoms with Crippen LogP contribution in [0.5, 0.6) is 5.75 Å². The van der Waals surface area contributed by atoms with Gasteiger partial charge in [0.05, 0.1) is 18.8 Å². The molecule has 1 aromatic rings. The first kappa shape index (κ1) is 34.5. The first-order chi connectivity index (χ1) is 21.3. The Hall–Kier alpha value is -2.40. The number of rotatable bonds is 14. The third kappa shape index (κ3) is 9.80. The first-order valence-corrected chi connectivity index (χ1v) is 17.6. The van der Waals surface area contributed by atoms with E-state index in [1.807, 2.05) is 6.07 Å². The van der Waals surface area contributed by atoms with Crippen molar-refractivity contribution in [1.82, 2.24) is 0 Å². The Morgan fingerprint density at radius 3 is 1.95 bits per heavy atom. The molecule has 0 heterocycles. The zero-order valence-electron chi connectivity index (χ0n) is 27.9. The summed E-state index contributed by atoms with van der Waals surface area (Å²) in [5.41, 5.74) is 3.70. The molecule has 44 heavy (non-hydrogen) atoms. The average Bonchev–Trinajstić information content (AvgIpc) is 3.04. The lowest BCUT2D eigenvalue weighted by molar-refractivity contribution is -0.139. The highest BCUT2D eigenvalue weighted by Crippen LogP contribution is 2.48. The van der Waals surface area contributed by atoms with Gasteiger partial charge in [-0.15, -0.1) is 0 Å². The largest absolute Gasteiger partial charge is 0.462 e. The molecule has 3 aliphatic carbocycles. The summed E-state index contributed by atoms with van der Waals surface area (Å²) in [6.07, 6.45) is 20.4. The quantitative estimate of drug-likeness (QED) is 0.0913. The molecule has 0 saturated heterocycles. The molecule has 1 aromatic carbocycles. The predicted molar refractivity (Wildman–Crippen MR) is 178 cm³/mol. The summed E-state index contributed by atoms with van der Waals surface area (Å²) in [4.78, 5) is 24.3. The van der Waals surface area contributed by atoms with Crippen LogP contribution in [0.2, 0.25) is 0 Å². The molecule has 0 radical (unpaired) electrons. The molecule has 0 N–H and O–H groups in total. The van der Waals surface area contributed by atoms with Gasteiger partial charge in [-0.25, -0.2) is 9.59 Å². The van der Waals surface area contributed by atoms with Gasteiger partial charge in [0, 0.05) is 12.7 Å². The molecular weight excluding hydrogens is 548 g/mol. The van der Waals surface area contributed by atoms with Crippen LogP contribution in [-0.2, 0) is 19.1 Å². The van der Waals surface area contributed by atoms with E-state index in [2.05, 4.69) is 32.2 Å². The molecule has 3 fully saturated rings. The van der Waals surface area contributed by atoms with Crippen molar-refractivity contribution in [3.8, 4) is 5.75 Å². The Kier molecular flexibility index (Phi) is 13.6. The molecule has 0 amide bonds. The van der Waals surface area contributed by atoms with E-state index in [0.29, 0.717) is 41.3 Å². The molecule has 0 bridgehead atoms. The maximum absolute atomic E-state index is 12.4. The Morgan fingerprint density at radius 2 is 1.34 bits per heavy atom. The van der Waals surface area contributed by atoms with Crippen LogP contribution in [0.15, 0.2) is 42.5 Å². The third-order valence-corrected chi connectivity index (χ3v) is 11.0. The van der Waals surface area contributed by atoms with E-state index in [0.717, 1.165) is 30.6 Å². The Morgan fingerprint density at radius 1 is 0.773 bits per heavy atom. The second kappa shape index (κ2) is 17.3.